The van der Waals surface area contributed by atoms with Gasteiger partial charge in [-0.1, -0.05) is 166 Å². The normalized spacial score (nSPS) is 9.48. The third-order valence-electron chi connectivity index (χ3n) is 13.9. The number of Topliss-reactive ketones (excluding diaryl/α,β-unsaturated/α-hetero) is 1. The second-order valence-corrected chi connectivity index (χ2v) is 26.4. The highest BCUT2D eigenvalue weighted by molar-refractivity contribution is 7.98. The Hall–Kier alpha value is -9.70. The predicted molar refractivity (Wildman–Crippen MR) is 465 cm³/mol. The molecule has 0 radical (unpaired) electrons. The van der Waals surface area contributed by atoms with Crippen molar-refractivity contribution in [3.8, 4) is 11.5 Å². The Morgan fingerprint density at radius 1 is 0.496 bits per heavy atom. The smallest absolute Gasteiger partial charge is 0.194 e. The molecule has 0 saturated heterocycles. The van der Waals surface area contributed by atoms with E-state index in [0.717, 1.165) is 152 Å². The summed E-state index contributed by atoms with van der Waals surface area (Å²) in [5.74, 6) is 3.44. The number of methoxy groups -OCH3 is 1. The summed E-state index contributed by atoms with van der Waals surface area (Å²) in [6, 6.07) is 11.0. The molecular weight excluding hydrogens is 1450 g/mol. The van der Waals surface area contributed by atoms with E-state index in [1.165, 1.54) is 122 Å². The van der Waals surface area contributed by atoms with E-state index in [0.29, 0.717) is 54.2 Å². The summed E-state index contributed by atoms with van der Waals surface area (Å²) < 4.78 is 14.1. The molecule has 22 heteroatoms. The molecule has 0 aliphatic rings. The van der Waals surface area contributed by atoms with Crippen LogP contribution >= 0.6 is 11.8 Å². The minimum Gasteiger partial charge on any atom is -0.504 e. The molecule has 0 bridgehead atoms. The van der Waals surface area contributed by atoms with E-state index in [4.69, 9.17) is 14.3 Å². The fraction of sp³-hybridized carbons (Fsp3) is 0.505. The number of aromatic nitrogens is 8. The van der Waals surface area contributed by atoms with E-state index in [2.05, 4.69) is 114 Å². The molecule has 7 rings (SSSR count). The number of hydrogen-bond donors (Lipinski definition) is 1. The molecule has 113 heavy (non-hydrogen) atoms. The van der Waals surface area contributed by atoms with Crippen LogP contribution in [0.4, 0.5) is 0 Å². The highest BCUT2D eigenvalue weighted by Gasteiger charge is 2.03. The average Bonchev–Trinajstić information content (AvgIpc) is 1.80. The SMILES string of the molecule is CC(=O)c1ccco1.CC(C)C.CC(C)CC=O.CCCC/C=C/C=O.CCCCC/C=C/C=O.CCCCCC=O.CCCCCCC/C=C/C=O.CCc1ncc(C)nc1CC.CCc1nccnc1C.COc1cc(C=O)ccc1O.CSCCC=O.Cc1nc(C)c(C)nc1C.O=Cc1ccco1.c1cnccn1. The number of ether oxygens (including phenoxy) is 1. The molecule has 0 fully saturated rings. The molecule has 630 valence electrons. The molecule has 1 aromatic carbocycles. The highest BCUT2D eigenvalue weighted by atomic mass is 32.2. The van der Waals surface area contributed by atoms with E-state index >= 15 is 0 Å². The first-order valence-electron chi connectivity index (χ1n) is 39.3. The van der Waals surface area contributed by atoms with Crippen LogP contribution in [0.15, 0.2) is 144 Å². The minimum atomic E-state index is -0.0324. The molecule has 0 aliphatic heterocycles. The molecule has 0 aliphatic carbocycles. The van der Waals surface area contributed by atoms with Gasteiger partial charge >= 0.3 is 0 Å². The number of carbonyl (C=O) groups is 9. The van der Waals surface area contributed by atoms with Crippen molar-refractivity contribution in [1.29, 1.82) is 0 Å². The fourth-order valence-electron chi connectivity index (χ4n) is 7.59. The number of thioether (sulfide) groups is 1. The molecular formula is C91H142N8O13S. The van der Waals surface area contributed by atoms with E-state index in [1.54, 1.807) is 91.4 Å². The van der Waals surface area contributed by atoms with Gasteiger partial charge in [0, 0.05) is 75.1 Å². The van der Waals surface area contributed by atoms with Crippen LogP contribution in [-0.2, 0) is 48.0 Å². The van der Waals surface area contributed by atoms with Gasteiger partial charge in [0.15, 0.2) is 35.1 Å². The first-order valence-corrected chi connectivity index (χ1v) is 40.7. The summed E-state index contributed by atoms with van der Waals surface area (Å²) >= 11 is 1.69. The van der Waals surface area contributed by atoms with Crippen LogP contribution in [0.25, 0.3) is 0 Å². The third-order valence-corrected chi connectivity index (χ3v) is 14.5. The topological polar surface area (TPSA) is 312 Å². The summed E-state index contributed by atoms with van der Waals surface area (Å²) in [7, 11) is 1.43. The number of allylic oxidation sites excluding steroid dienone is 6. The lowest BCUT2D eigenvalue weighted by Crippen LogP contribution is -2.00. The Bertz CT molecular complexity index is 3320. The van der Waals surface area contributed by atoms with Crippen LogP contribution in [0.2, 0.25) is 0 Å². The molecule has 0 atom stereocenters. The molecule has 21 nitrogen and oxygen atoms in total. The number of carbonyl (C=O) groups excluding carboxylic acids is 9. The quantitative estimate of drug-likeness (QED) is 0.0177. The largest absolute Gasteiger partial charge is 0.504 e. The summed E-state index contributed by atoms with van der Waals surface area (Å²) in [5.41, 5.74) is 10.0. The van der Waals surface area contributed by atoms with Gasteiger partial charge in [0.2, 0.25) is 0 Å². The Labute approximate surface area is 684 Å². The number of aromatic hydroxyl groups is 1. The number of aldehydes is 8. The molecule has 1 N–H and O–H groups in total. The van der Waals surface area contributed by atoms with Crippen LogP contribution in [0, 0.1) is 53.4 Å². The molecule has 6 aromatic heterocycles. The lowest BCUT2D eigenvalue weighted by atomic mass is 10.1. The van der Waals surface area contributed by atoms with Crippen LogP contribution in [-0.4, -0.2) is 120 Å². The Kier molecular flexibility index (Phi) is 95.8. The maximum atomic E-state index is 10.4. The summed E-state index contributed by atoms with van der Waals surface area (Å²) in [5, 5.41) is 9.09. The molecule has 0 unspecified atom stereocenters. The number of phenolic OH excluding ortho intramolecular Hbond substituents is 1. The van der Waals surface area contributed by atoms with Gasteiger partial charge in [0.25, 0.3) is 0 Å². The van der Waals surface area contributed by atoms with E-state index in [9.17, 15) is 43.2 Å². The number of unbranched alkanes of at least 4 members (excludes halogenated alkanes) is 13. The number of aryl methyl sites for hydroxylation is 9. The molecule has 0 spiro atoms. The Morgan fingerprint density at radius 2 is 0.947 bits per heavy atom. The number of benzene rings is 1. The van der Waals surface area contributed by atoms with Crippen molar-refractivity contribution in [2.24, 2.45) is 11.8 Å². The molecule has 0 amide bonds. The van der Waals surface area contributed by atoms with Gasteiger partial charge in [-0.25, -0.2) is 0 Å². The van der Waals surface area contributed by atoms with Crippen LogP contribution in [0.5, 0.6) is 11.5 Å². The van der Waals surface area contributed by atoms with Crippen LogP contribution < -0.4 is 4.74 Å². The van der Waals surface area contributed by atoms with Gasteiger partial charge in [0.05, 0.1) is 70.9 Å². The van der Waals surface area contributed by atoms with Gasteiger partial charge in [-0.05, 0) is 184 Å². The lowest BCUT2D eigenvalue weighted by molar-refractivity contribution is -0.109. The lowest BCUT2D eigenvalue weighted by Gasteiger charge is -2.03. The molecule has 7 aromatic rings. The first kappa shape index (κ1) is 117. The van der Waals surface area contributed by atoms with Crippen molar-refractivity contribution in [3.05, 3.63) is 203 Å². The van der Waals surface area contributed by atoms with Gasteiger partial charge < -0.3 is 33.1 Å². The van der Waals surface area contributed by atoms with Crippen LogP contribution in [0.1, 0.15) is 295 Å². The number of hydrogen-bond acceptors (Lipinski definition) is 22. The van der Waals surface area contributed by atoms with Crippen LogP contribution in [0.3, 0.4) is 0 Å². The van der Waals surface area contributed by atoms with Gasteiger partial charge in [-0.3, -0.25) is 68.6 Å². The Balaban J connectivity index is -0.000000216. The second-order valence-electron chi connectivity index (χ2n) is 25.4. The molecule has 6 heterocycles. The maximum absolute atomic E-state index is 10.4. The van der Waals surface area contributed by atoms with Gasteiger partial charge in [-0.2, -0.15) is 11.8 Å². The zero-order chi connectivity index (χ0) is 86.8. The zero-order valence-corrected chi connectivity index (χ0v) is 73.4. The van der Waals surface area contributed by atoms with Crippen molar-refractivity contribution in [2.75, 3.05) is 19.1 Å². The standard InChI is InChI=1S/C10H18O.C9H14N2.C8H12N2.C8H8O3.C8H14O.C7H10N2.C7H12O.C6H6O2.C6H12O.C5H4O2.C5H10O.C4H4N2.C4H8OS.C4H10/c1-2-3-4-5-6-7-8-9-10-11;1-4-8-9(5-2)11-7(3)6-10-8;1-5-6(2)10-8(4)7(3)9-5;1-11-8-4-6(5-9)2-3-7(8)10;1-2-3-4-5-6-7-8-9;1-3-7-6(2)8-4-5-9-7;1-2-3-4-5-6-7-8;1-5(7)6-3-2-4-8-6;1-2-3-4-5-6-7;6-4-5-2-1-3-7-5;1-5(2)3-4-6;1-2-6-4-3-5-1;1-6-4-2-3-5;1-4(2)3/h8-10H,2-7H2,1H3;6H,4-5H2,1-3H3;1-4H3;2-5,10H,1H3;6-8H,2-5H2,1H3;4-5H,3H2,1-2H3;5-7H,2-4H2,1H3;2-4H,1H3;6H,2-5H2,1H3;1-4H;4-5H,3H2,1-2H3;1-4H;3H,2,4H2,1H3;4H,1-3H3/b9-8+;;;;7-6+;;6-5+;;;;;;;. The summed E-state index contributed by atoms with van der Waals surface area (Å²) in [4.78, 5) is 122. The molecule has 0 saturated carbocycles. The highest BCUT2D eigenvalue weighted by Crippen LogP contribution is 2.25. The monoisotopic (exact) mass is 1590 g/mol. The zero-order valence-electron chi connectivity index (χ0n) is 72.6. The summed E-state index contributed by atoms with van der Waals surface area (Å²) in [6.45, 7) is 38.8. The van der Waals surface area contributed by atoms with Gasteiger partial charge in [-0.15, -0.1) is 0 Å². The van der Waals surface area contributed by atoms with Crippen molar-refractivity contribution in [1.82, 2.24) is 39.9 Å². The third kappa shape index (κ3) is 87.7. The number of ketones is 1. The first-order chi connectivity index (χ1) is 54.3. The van der Waals surface area contributed by atoms with Crippen molar-refractivity contribution in [2.45, 2.75) is 273 Å². The second kappa shape index (κ2) is 92.9. The predicted octanol–water partition coefficient (Wildman–Crippen LogP) is 22.2. The van der Waals surface area contributed by atoms with Crippen molar-refractivity contribution >= 4 is 67.8 Å². The summed E-state index contributed by atoms with van der Waals surface area (Å²) in [6.07, 6.45) is 58.2. The number of phenols is 1. The fourth-order valence-corrected chi connectivity index (χ4v) is 7.92. The Morgan fingerprint density at radius 3 is 1.27 bits per heavy atom. The van der Waals surface area contributed by atoms with Gasteiger partial charge in [0.1, 0.15) is 44.0 Å². The van der Waals surface area contributed by atoms with Crippen molar-refractivity contribution < 1.29 is 61.8 Å². The number of furan rings is 2. The average molecular weight is 1590 g/mol. The van der Waals surface area contributed by atoms with E-state index in [-0.39, 0.29) is 11.5 Å². The number of rotatable bonds is 32. The van der Waals surface area contributed by atoms with Crippen molar-refractivity contribution in [3.63, 3.8) is 0 Å². The van der Waals surface area contributed by atoms with E-state index < -0.39 is 0 Å². The minimum absolute atomic E-state index is 0.0324. The maximum Gasteiger partial charge on any atom is 0.194 e. The number of nitrogens with zero attached hydrogens (tertiary/aromatic N) is 8. The van der Waals surface area contributed by atoms with E-state index in [1.807, 2.05) is 86.1 Å².